The van der Waals surface area contributed by atoms with Crippen LogP contribution in [0.4, 0.5) is 0 Å². The predicted molar refractivity (Wildman–Crippen MR) is 103 cm³/mol. The maximum Gasteiger partial charge on any atom is 0.342 e. The largest absolute Gasteiger partial charge is 0.492 e. The molecule has 0 aliphatic heterocycles. The highest BCUT2D eigenvalue weighted by atomic mass is 16.5. The van der Waals surface area contributed by atoms with Crippen LogP contribution in [0.1, 0.15) is 54.0 Å². The minimum atomic E-state index is -0.646. The molecule has 0 spiro atoms. The van der Waals surface area contributed by atoms with Gasteiger partial charge in [0, 0.05) is 10.8 Å². The van der Waals surface area contributed by atoms with Gasteiger partial charge in [-0.05, 0) is 40.7 Å². The molecule has 0 aromatic heterocycles. The van der Waals surface area contributed by atoms with Crippen molar-refractivity contribution < 1.29 is 28.5 Å². The molecule has 0 heterocycles. The van der Waals surface area contributed by atoms with Crippen LogP contribution in [-0.4, -0.2) is 38.4 Å². The summed E-state index contributed by atoms with van der Waals surface area (Å²) in [7, 11) is 0. The first-order chi connectivity index (χ1) is 13.0. The Morgan fingerprint density at radius 2 is 1.22 bits per heavy atom. The summed E-state index contributed by atoms with van der Waals surface area (Å²) >= 11 is 0. The van der Waals surface area contributed by atoms with E-state index in [1.807, 2.05) is 39.0 Å². The van der Waals surface area contributed by atoms with Crippen LogP contribution < -0.4 is 9.47 Å². The molecule has 0 atom stereocenters. The minimum absolute atomic E-state index is 0.0388. The maximum absolute atomic E-state index is 12.8. The summed E-state index contributed by atoms with van der Waals surface area (Å²) in [5, 5.41) is 1.37. The minimum Gasteiger partial charge on any atom is -0.492 e. The number of rotatable bonds is 8. The average Bonchev–Trinajstić information content (AvgIpc) is 2.63. The van der Waals surface area contributed by atoms with E-state index in [1.165, 1.54) is 0 Å². The molecule has 0 amide bonds. The molecule has 0 N–H and O–H groups in total. The van der Waals surface area contributed by atoms with Gasteiger partial charge in [-0.2, -0.15) is 0 Å². The van der Waals surface area contributed by atoms with Crippen molar-refractivity contribution in [2.24, 2.45) is 0 Å². The fraction of sp³-hybridized carbons (Fsp3) is 0.429. The van der Waals surface area contributed by atoms with E-state index in [-0.39, 0.29) is 24.3 Å². The molecule has 2 aromatic carbocycles. The number of carbonyl (C=O) groups is 2. The number of ether oxygens (including phenoxy) is 4. The second-order valence-electron chi connectivity index (χ2n) is 5.76. The highest BCUT2D eigenvalue weighted by Gasteiger charge is 2.32. The van der Waals surface area contributed by atoms with Gasteiger partial charge in [-0.3, -0.25) is 0 Å². The topological polar surface area (TPSA) is 71.1 Å². The first-order valence-electron chi connectivity index (χ1n) is 9.20. The van der Waals surface area contributed by atoms with Crippen molar-refractivity contribution in [2.75, 3.05) is 26.4 Å². The van der Waals surface area contributed by atoms with Crippen LogP contribution in [0.15, 0.2) is 18.2 Å². The molecular weight excluding hydrogens is 348 g/mol. The third-order valence-corrected chi connectivity index (χ3v) is 3.90. The Morgan fingerprint density at radius 3 is 1.67 bits per heavy atom. The van der Waals surface area contributed by atoms with Crippen LogP contribution >= 0.6 is 0 Å². The fourth-order valence-corrected chi connectivity index (χ4v) is 2.92. The van der Waals surface area contributed by atoms with Crippen molar-refractivity contribution in [3.05, 3.63) is 34.9 Å². The van der Waals surface area contributed by atoms with E-state index in [0.29, 0.717) is 35.5 Å². The smallest absolute Gasteiger partial charge is 0.342 e. The molecule has 0 saturated carbocycles. The van der Waals surface area contributed by atoms with Gasteiger partial charge >= 0.3 is 11.9 Å². The molecule has 0 fully saturated rings. The first kappa shape index (κ1) is 20.6. The summed E-state index contributed by atoms with van der Waals surface area (Å²) in [6.07, 6.45) is 0. The highest BCUT2D eigenvalue weighted by molar-refractivity contribution is 6.14. The van der Waals surface area contributed by atoms with Crippen molar-refractivity contribution in [1.29, 1.82) is 0 Å². The zero-order chi connectivity index (χ0) is 20.0. The van der Waals surface area contributed by atoms with Gasteiger partial charge in [0.05, 0.1) is 26.4 Å². The molecule has 0 bridgehead atoms. The third kappa shape index (κ3) is 4.15. The quantitative estimate of drug-likeness (QED) is 0.642. The Bertz CT molecular complexity index is 840. The van der Waals surface area contributed by atoms with Crippen LogP contribution in [0.5, 0.6) is 11.5 Å². The lowest BCUT2D eigenvalue weighted by atomic mass is 9.96. The standard InChI is InChI=1S/C21H26O6/c1-6-24-18-14-11-10-13(5)12-15(14)19(25-7-2)17(21(23)27-9-4)16(18)20(22)26-8-3/h10-12H,6-9H2,1-5H3. The molecule has 27 heavy (non-hydrogen) atoms. The lowest BCUT2D eigenvalue weighted by molar-refractivity contribution is 0.0471. The van der Waals surface area contributed by atoms with E-state index in [2.05, 4.69) is 0 Å². The van der Waals surface area contributed by atoms with Crippen molar-refractivity contribution >= 4 is 22.7 Å². The van der Waals surface area contributed by atoms with E-state index < -0.39 is 11.9 Å². The Hall–Kier alpha value is -2.76. The van der Waals surface area contributed by atoms with E-state index >= 15 is 0 Å². The summed E-state index contributed by atoms with van der Waals surface area (Å²) in [5.74, 6) is -0.681. The van der Waals surface area contributed by atoms with Crippen molar-refractivity contribution in [3.63, 3.8) is 0 Å². The van der Waals surface area contributed by atoms with Crippen LogP contribution in [0, 0.1) is 6.92 Å². The van der Waals surface area contributed by atoms with Gasteiger partial charge in [0.1, 0.15) is 22.6 Å². The van der Waals surface area contributed by atoms with Crippen LogP contribution in [0.3, 0.4) is 0 Å². The Labute approximate surface area is 159 Å². The normalized spacial score (nSPS) is 10.6. The van der Waals surface area contributed by atoms with E-state index in [1.54, 1.807) is 13.8 Å². The summed E-state index contributed by atoms with van der Waals surface area (Å²) in [6, 6.07) is 5.68. The van der Waals surface area contributed by atoms with Gasteiger partial charge in [-0.1, -0.05) is 17.7 Å². The molecule has 0 unspecified atom stereocenters. The number of hydrogen-bond donors (Lipinski definition) is 0. The summed E-state index contributed by atoms with van der Waals surface area (Å²) < 4.78 is 22.0. The zero-order valence-electron chi connectivity index (χ0n) is 16.5. The second-order valence-corrected chi connectivity index (χ2v) is 5.76. The molecule has 6 heteroatoms. The number of hydrogen-bond acceptors (Lipinski definition) is 6. The van der Waals surface area contributed by atoms with E-state index in [0.717, 1.165) is 5.56 Å². The molecule has 2 aromatic rings. The summed E-state index contributed by atoms with van der Waals surface area (Å²) in [5.41, 5.74) is 1.07. The lowest BCUT2D eigenvalue weighted by Gasteiger charge is -2.20. The maximum atomic E-state index is 12.8. The van der Waals surface area contributed by atoms with Crippen LogP contribution in [-0.2, 0) is 9.47 Å². The monoisotopic (exact) mass is 374 g/mol. The molecule has 0 aliphatic carbocycles. The molecular formula is C21H26O6. The predicted octanol–water partition coefficient (Wildman–Crippen LogP) is 4.30. The van der Waals surface area contributed by atoms with Crippen LogP contribution in [0.2, 0.25) is 0 Å². The summed E-state index contributed by atoms with van der Waals surface area (Å²) in [6.45, 7) is 9.97. The Morgan fingerprint density at radius 1 is 0.741 bits per heavy atom. The van der Waals surface area contributed by atoms with Crippen molar-refractivity contribution in [1.82, 2.24) is 0 Å². The van der Waals surface area contributed by atoms with Gasteiger partial charge in [-0.15, -0.1) is 0 Å². The second kappa shape index (κ2) is 9.26. The first-order valence-corrected chi connectivity index (χ1v) is 9.20. The van der Waals surface area contributed by atoms with E-state index in [9.17, 15) is 9.59 Å². The molecule has 6 nitrogen and oxygen atoms in total. The van der Waals surface area contributed by atoms with Gasteiger partial charge in [0.25, 0.3) is 0 Å². The van der Waals surface area contributed by atoms with Gasteiger partial charge in [0.2, 0.25) is 0 Å². The highest BCUT2D eigenvalue weighted by Crippen LogP contribution is 2.42. The third-order valence-electron chi connectivity index (χ3n) is 3.90. The number of carbonyl (C=O) groups excluding carboxylic acids is 2. The number of benzene rings is 2. The fourth-order valence-electron chi connectivity index (χ4n) is 2.92. The molecule has 0 saturated heterocycles. The van der Waals surface area contributed by atoms with Crippen molar-refractivity contribution in [3.8, 4) is 11.5 Å². The molecule has 146 valence electrons. The van der Waals surface area contributed by atoms with Gasteiger partial charge < -0.3 is 18.9 Å². The average molecular weight is 374 g/mol. The van der Waals surface area contributed by atoms with Gasteiger partial charge in [-0.25, -0.2) is 9.59 Å². The Kier molecular flexibility index (Phi) is 7.05. The summed E-state index contributed by atoms with van der Waals surface area (Å²) in [4.78, 5) is 25.6. The van der Waals surface area contributed by atoms with Gasteiger partial charge in [0.15, 0.2) is 0 Å². The number of esters is 2. The van der Waals surface area contributed by atoms with E-state index in [4.69, 9.17) is 18.9 Å². The Balaban J connectivity index is 3.00. The molecule has 2 rings (SSSR count). The molecule has 0 radical (unpaired) electrons. The van der Waals surface area contributed by atoms with Crippen LogP contribution in [0.25, 0.3) is 10.8 Å². The number of fused-ring (bicyclic) bond motifs is 1. The van der Waals surface area contributed by atoms with Crippen molar-refractivity contribution in [2.45, 2.75) is 34.6 Å². The number of aryl methyl sites for hydroxylation is 1. The zero-order valence-corrected chi connectivity index (χ0v) is 16.5. The molecule has 0 aliphatic rings. The SMILES string of the molecule is CCOC(=O)c1c(C(=O)OCC)c(OCC)c2cc(C)ccc2c1OCC. The lowest BCUT2D eigenvalue weighted by Crippen LogP contribution is -2.18.